The third-order valence-electron chi connectivity index (χ3n) is 3.12. The lowest BCUT2D eigenvalue weighted by Gasteiger charge is -2.10. The summed E-state index contributed by atoms with van der Waals surface area (Å²) in [6, 6.07) is 8.94. The number of ether oxygens (including phenoxy) is 1. The van der Waals surface area contributed by atoms with Gasteiger partial charge in [-0.3, -0.25) is 0 Å². The van der Waals surface area contributed by atoms with Crippen LogP contribution in [-0.2, 0) is 0 Å². The zero-order valence-electron chi connectivity index (χ0n) is 11.1. The fourth-order valence-corrected chi connectivity index (χ4v) is 3.13. The van der Waals surface area contributed by atoms with Crippen molar-refractivity contribution >= 4 is 22.9 Å². The molecule has 6 nitrogen and oxygen atoms in total. The lowest BCUT2D eigenvalue weighted by Crippen LogP contribution is -2.32. The average Bonchev–Trinajstić information content (AvgIpc) is 3.13. The van der Waals surface area contributed by atoms with Crippen molar-refractivity contribution in [3.8, 4) is 21.7 Å². The van der Waals surface area contributed by atoms with E-state index in [1.165, 1.54) is 11.3 Å². The molecule has 0 aliphatic carbocycles. The molecule has 0 radical (unpaired) electrons. The first-order valence-corrected chi connectivity index (χ1v) is 7.38. The molecule has 2 heterocycles. The van der Waals surface area contributed by atoms with Crippen molar-refractivity contribution in [2.75, 3.05) is 7.11 Å². The highest BCUT2D eigenvalue weighted by molar-refractivity contribution is 7.17. The Hall–Kier alpha value is -1.69. The number of benzene rings is 1. The standard InChI is InChI=1S/C13H12ClN5OS/c1-20-13-11(10-9(6-15)17-19-18-10)16-12(21-13)7-2-4-8(14)5-3-7/h2-5,9-10,17-19H,1H3. The van der Waals surface area contributed by atoms with Gasteiger partial charge in [-0.2, -0.15) is 10.8 Å². The molecule has 2 atom stereocenters. The molecule has 1 aliphatic rings. The predicted molar refractivity (Wildman–Crippen MR) is 80.7 cm³/mol. The van der Waals surface area contributed by atoms with Gasteiger partial charge in [-0.05, 0) is 12.1 Å². The number of aromatic nitrogens is 1. The van der Waals surface area contributed by atoms with Gasteiger partial charge >= 0.3 is 0 Å². The molecule has 3 N–H and O–H groups in total. The first-order chi connectivity index (χ1) is 10.2. The molecule has 8 heteroatoms. The molecule has 0 bridgehead atoms. The maximum Gasteiger partial charge on any atom is 0.199 e. The first kappa shape index (κ1) is 14.3. The topological polar surface area (TPSA) is 82.0 Å². The van der Waals surface area contributed by atoms with Gasteiger partial charge in [0, 0.05) is 10.6 Å². The molecule has 2 unspecified atom stereocenters. The van der Waals surface area contributed by atoms with Crippen LogP contribution in [-0.4, -0.2) is 18.1 Å². The van der Waals surface area contributed by atoms with Crippen LogP contribution < -0.4 is 21.1 Å². The fraction of sp³-hybridized carbons (Fsp3) is 0.231. The van der Waals surface area contributed by atoms with E-state index in [9.17, 15) is 0 Å². The van der Waals surface area contributed by atoms with Gasteiger partial charge in [-0.25, -0.2) is 15.8 Å². The van der Waals surface area contributed by atoms with E-state index in [1.807, 2.05) is 24.3 Å². The van der Waals surface area contributed by atoms with Crippen LogP contribution in [0.25, 0.3) is 10.6 Å². The summed E-state index contributed by atoms with van der Waals surface area (Å²) in [4.78, 5) is 4.62. The predicted octanol–water partition coefficient (Wildman–Crippen LogP) is 2.02. The van der Waals surface area contributed by atoms with Gasteiger partial charge in [0.15, 0.2) is 5.06 Å². The molecule has 21 heavy (non-hydrogen) atoms. The van der Waals surface area contributed by atoms with Gasteiger partial charge in [0.2, 0.25) is 0 Å². The van der Waals surface area contributed by atoms with E-state index < -0.39 is 6.04 Å². The third-order valence-corrected chi connectivity index (χ3v) is 4.45. The van der Waals surface area contributed by atoms with E-state index in [-0.39, 0.29) is 6.04 Å². The van der Waals surface area contributed by atoms with Crippen LogP contribution >= 0.6 is 22.9 Å². The lowest BCUT2D eigenvalue weighted by molar-refractivity contribution is 0.411. The Balaban J connectivity index is 1.98. The highest BCUT2D eigenvalue weighted by Crippen LogP contribution is 2.38. The number of methoxy groups -OCH3 is 1. The number of thiazole rings is 1. The Morgan fingerprint density at radius 3 is 2.76 bits per heavy atom. The zero-order chi connectivity index (χ0) is 14.8. The Kier molecular flexibility index (Phi) is 4.05. The highest BCUT2D eigenvalue weighted by atomic mass is 35.5. The molecule has 108 valence electrons. The third kappa shape index (κ3) is 2.72. The monoisotopic (exact) mass is 321 g/mol. The second kappa shape index (κ2) is 5.97. The minimum absolute atomic E-state index is 0.276. The summed E-state index contributed by atoms with van der Waals surface area (Å²) in [5.41, 5.74) is 10.2. The van der Waals surface area contributed by atoms with Crippen LogP contribution in [0.1, 0.15) is 11.7 Å². The average molecular weight is 322 g/mol. The van der Waals surface area contributed by atoms with E-state index in [4.69, 9.17) is 21.6 Å². The summed E-state index contributed by atoms with van der Waals surface area (Å²) in [6.45, 7) is 0. The Labute approximate surface area is 130 Å². The van der Waals surface area contributed by atoms with Crippen LogP contribution in [0.4, 0.5) is 0 Å². The number of halogens is 1. The minimum Gasteiger partial charge on any atom is -0.486 e. The number of nitrogens with zero attached hydrogens (tertiary/aromatic N) is 2. The number of rotatable bonds is 3. The van der Waals surface area contributed by atoms with Gasteiger partial charge in [0.05, 0.1) is 19.2 Å². The van der Waals surface area contributed by atoms with Crippen LogP contribution in [0, 0.1) is 11.3 Å². The van der Waals surface area contributed by atoms with E-state index in [0.29, 0.717) is 15.8 Å². The molecule has 1 fully saturated rings. The normalized spacial score (nSPS) is 21.2. The summed E-state index contributed by atoms with van der Waals surface area (Å²) in [6.07, 6.45) is 0. The van der Waals surface area contributed by atoms with Crippen LogP contribution in [0.3, 0.4) is 0 Å². The quantitative estimate of drug-likeness (QED) is 0.802. The molecule has 3 rings (SSSR count). The minimum atomic E-state index is -0.418. The Morgan fingerprint density at radius 1 is 1.33 bits per heavy atom. The van der Waals surface area contributed by atoms with Crippen molar-refractivity contribution in [2.45, 2.75) is 12.1 Å². The van der Waals surface area contributed by atoms with Crippen molar-refractivity contribution in [3.63, 3.8) is 0 Å². The SMILES string of the molecule is COc1sc(-c2ccc(Cl)cc2)nc1C1NNNC1C#N. The number of hydrogen-bond acceptors (Lipinski definition) is 7. The molecule has 1 saturated heterocycles. The molecule has 1 aliphatic heterocycles. The van der Waals surface area contributed by atoms with Crippen molar-refractivity contribution in [1.82, 2.24) is 21.4 Å². The summed E-state index contributed by atoms with van der Waals surface area (Å²) in [7, 11) is 1.60. The number of nitrogens with one attached hydrogen (secondary N) is 3. The molecule has 1 aromatic carbocycles. The molecule has 2 aromatic rings. The first-order valence-electron chi connectivity index (χ1n) is 6.19. The fourth-order valence-electron chi connectivity index (χ4n) is 2.07. The van der Waals surface area contributed by atoms with Crippen molar-refractivity contribution in [3.05, 3.63) is 35.0 Å². The molecule has 0 spiro atoms. The van der Waals surface area contributed by atoms with Gasteiger partial charge in [-0.1, -0.05) is 35.1 Å². The maximum atomic E-state index is 9.14. The van der Waals surface area contributed by atoms with Gasteiger partial charge < -0.3 is 4.74 Å². The molecular formula is C13H12ClN5OS. The zero-order valence-corrected chi connectivity index (χ0v) is 12.6. The summed E-state index contributed by atoms with van der Waals surface area (Å²) in [5.74, 6) is 0. The lowest BCUT2D eigenvalue weighted by atomic mass is 10.1. The number of hydrogen-bond donors (Lipinski definition) is 3. The molecular weight excluding hydrogens is 310 g/mol. The number of hydrazine groups is 2. The molecule has 1 aromatic heterocycles. The van der Waals surface area contributed by atoms with E-state index >= 15 is 0 Å². The van der Waals surface area contributed by atoms with E-state index in [0.717, 1.165) is 10.6 Å². The van der Waals surface area contributed by atoms with Gasteiger partial charge in [-0.15, -0.1) is 0 Å². The van der Waals surface area contributed by atoms with Crippen LogP contribution in [0.5, 0.6) is 5.06 Å². The van der Waals surface area contributed by atoms with Crippen LogP contribution in [0.2, 0.25) is 5.02 Å². The van der Waals surface area contributed by atoms with Crippen molar-refractivity contribution in [1.29, 1.82) is 5.26 Å². The second-order valence-corrected chi connectivity index (χ2v) is 5.80. The summed E-state index contributed by atoms with van der Waals surface area (Å²) >= 11 is 7.34. The highest BCUT2D eigenvalue weighted by Gasteiger charge is 2.33. The number of nitriles is 1. The van der Waals surface area contributed by atoms with Crippen molar-refractivity contribution < 1.29 is 4.74 Å². The summed E-state index contributed by atoms with van der Waals surface area (Å²) in [5, 5.41) is 11.3. The van der Waals surface area contributed by atoms with E-state index in [2.05, 4.69) is 27.4 Å². The maximum absolute atomic E-state index is 9.14. The Bertz CT molecular complexity index is 681. The Morgan fingerprint density at radius 2 is 2.10 bits per heavy atom. The largest absolute Gasteiger partial charge is 0.486 e. The second-order valence-electron chi connectivity index (χ2n) is 4.40. The van der Waals surface area contributed by atoms with E-state index in [1.54, 1.807) is 7.11 Å². The summed E-state index contributed by atoms with van der Waals surface area (Å²) < 4.78 is 5.40. The van der Waals surface area contributed by atoms with Gasteiger partial charge in [0.25, 0.3) is 0 Å². The smallest absolute Gasteiger partial charge is 0.199 e. The van der Waals surface area contributed by atoms with Crippen LogP contribution in [0.15, 0.2) is 24.3 Å². The van der Waals surface area contributed by atoms with Gasteiger partial charge in [0.1, 0.15) is 16.7 Å². The molecule has 0 amide bonds. The van der Waals surface area contributed by atoms with Crippen molar-refractivity contribution in [2.24, 2.45) is 0 Å². The molecule has 0 saturated carbocycles.